The number of hydrogen-bond acceptors (Lipinski definition) is 7. The highest BCUT2D eigenvalue weighted by atomic mass is 19.1. The van der Waals surface area contributed by atoms with Gasteiger partial charge in [-0.1, -0.05) is 12.1 Å². The first-order valence-electron chi connectivity index (χ1n) is 10.0. The Labute approximate surface area is 186 Å². The second kappa shape index (κ2) is 8.01. The van der Waals surface area contributed by atoms with Gasteiger partial charge in [0.2, 0.25) is 11.8 Å². The van der Waals surface area contributed by atoms with Crippen LogP contribution in [0.2, 0.25) is 0 Å². The molecule has 4 aromatic rings. The lowest BCUT2D eigenvalue weighted by atomic mass is 10.1. The van der Waals surface area contributed by atoms with Crippen molar-refractivity contribution in [3.05, 3.63) is 64.7 Å². The number of carbonyl (C=O) groups excluding carboxylic acids is 1. The molecule has 0 saturated carbocycles. The van der Waals surface area contributed by atoms with Crippen molar-refractivity contribution in [1.82, 2.24) is 19.5 Å². The topological polar surface area (TPSA) is 117 Å². The molecule has 0 radical (unpaired) electrons. The second-order valence-corrected chi connectivity index (χ2v) is 7.36. The Morgan fingerprint density at radius 3 is 2.82 bits per heavy atom. The molecule has 1 aliphatic rings. The van der Waals surface area contributed by atoms with Gasteiger partial charge in [-0.25, -0.2) is 13.3 Å². The molecule has 2 aromatic heterocycles. The largest absolute Gasteiger partial charge is 0.477 e. The number of carbonyl (C=O) groups is 1. The minimum Gasteiger partial charge on any atom is -0.477 e. The van der Waals surface area contributed by atoms with Crippen molar-refractivity contribution in [2.45, 2.75) is 13.0 Å². The molecule has 0 bridgehead atoms. The Kier molecular flexibility index (Phi) is 5.00. The van der Waals surface area contributed by atoms with Crippen molar-refractivity contribution in [2.75, 3.05) is 19.0 Å². The molecule has 1 aliphatic heterocycles. The van der Waals surface area contributed by atoms with Gasteiger partial charge >= 0.3 is 6.01 Å². The number of benzene rings is 2. The van der Waals surface area contributed by atoms with Gasteiger partial charge in [0, 0.05) is 19.0 Å². The molecular weight excluding hydrogens is 434 g/mol. The molecule has 0 atom stereocenters. The van der Waals surface area contributed by atoms with Crippen LogP contribution in [0.15, 0.2) is 36.4 Å². The number of halogens is 2. The lowest BCUT2D eigenvalue weighted by molar-refractivity contribution is 0.100. The molecule has 0 aliphatic carbocycles. The van der Waals surface area contributed by atoms with Gasteiger partial charge in [-0.3, -0.25) is 4.79 Å². The first kappa shape index (κ1) is 20.6. The standard InChI is InChI=1S/C22H18F2N6O3/c1-32-22-27-17-15(18(25)31)8-13(24)9-16(17)30(22)21-28-19(14-5-6-33-20(14)29-21)26-10-11-3-2-4-12(23)7-11/h2-4,7-9H,5-6,10H2,1H3,(H2,25,31)(H,26,28,29). The Balaban J connectivity index is 1.64. The third kappa shape index (κ3) is 3.67. The quantitative estimate of drug-likeness (QED) is 0.462. The molecule has 11 heteroatoms. The fourth-order valence-electron chi connectivity index (χ4n) is 3.77. The van der Waals surface area contributed by atoms with Crippen LogP contribution in [0.1, 0.15) is 21.5 Å². The molecule has 0 unspecified atom stereocenters. The van der Waals surface area contributed by atoms with Crippen LogP contribution in [0, 0.1) is 11.6 Å². The van der Waals surface area contributed by atoms with Crippen LogP contribution in [0.3, 0.4) is 0 Å². The van der Waals surface area contributed by atoms with Crippen molar-refractivity contribution in [2.24, 2.45) is 5.73 Å². The zero-order valence-corrected chi connectivity index (χ0v) is 17.4. The van der Waals surface area contributed by atoms with Crippen LogP contribution in [0.25, 0.3) is 17.0 Å². The number of amides is 1. The van der Waals surface area contributed by atoms with E-state index in [0.717, 1.165) is 17.2 Å². The van der Waals surface area contributed by atoms with E-state index in [1.807, 2.05) is 0 Å². The maximum Gasteiger partial charge on any atom is 0.304 e. The van der Waals surface area contributed by atoms with Gasteiger partial charge in [-0.15, -0.1) is 0 Å². The van der Waals surface area contributed by atoms with Crippen LogP contribution in [0.4, 0.5) is 14.6 Å². The molecule has 5 rings (SSSR count). The number of imidazole rings is 1. The van der Waals surface area contributed by atoms with Crippen LogP contribution >= 0.6 is 0 Å². The van der Waals surface area contributed by atoms with E-state index in [1.54, 1.807) is 12.1 Å². The zero-order valence-electron chi connectivity index (χ0n) is 17.4. The van der Waals surface area contributed by atoms with E-state index in [9.17, 15) is 13.6 Å². The third-order valence-electron chi connectivity index (χ3n) is 5.24. The zero-order chi connectivity index (χ0) is 23.1. The first-order chi connectivity index (χ1) is 15.9. The molecule has 3 heterocycles. The molecule has 0 spiro atoms. The third-order valence-corrected chi connectivity index (χ3v) is 5.24. The number of primary amides is 1. The summed E-state index contributed by atoms with van der Waals surface area (Å²) in [7, 11) is 1.38. The Morgan fingerprint density at radius 1 is 1.21 bits per heavy atom. The summed E-state index contributed by atoms with van der Waals surface area (Å²) < 4.78 is 40.2. The average Bonchev–Trinajstić information content (AvgIpc) is 3.41. The molecule has 1 amide bonds. The Hall–Kier alpha value is -4.28. The van der Waals surface area contributed by atoms with Crippen LogP contribution in [-0.2, 0) is 13.0 Å². The summed E-state index contributed by atoms with van der Waals surface area (Å²) in [6.07, 6.45) is 0.587. The normalized spacial score (nSPS) is 12.5. The fraction of sp³-hybridized carbons (Fsp3) is 0.182. The number of nitrogens with one attached hydrogen (secondary N) is 1. The summed E-state index contributed by atoms with van der Waals surface area (Å²) >= 11 is 0. The number of hydrogen-bond donors (Lipinski definition) is 2. The number of fused-ring (bicyclic) bond motifs is 2. The first-order valence-corrected chi connectivity index (χ1v) is 10.0. The number of rotatable bonds is 6. The summed E-state index contributed by atoms with van der Waals surface area (Å²) in [6.45, 7) is 0.729. The van der Waals surface area contributed by atoms with Crippen molar-refractivity contribution >= 4 is 22.8 Å². The van der Waals surface area contributed by atoms with Gasteiger partial charge in [-0.05, 0) is 23.8 Å². The molecule has 2 aromatic carbocycles. The summed E-state index contributed by atoms with van der Waals surface area (Å²) in [5.74, 6) is -0.917. The average molecular weight is 452 g/mol. The van der Waals surface area contributed by atoms with Crippen LogP contribution in [0.5, 0.6) is 11.9 Å². The number of nitrogens with two attached hydrogens (primary N) is 1. The number of ether oxygens (including phenoxy) is 2. The van der Waals surface area contributed by atoms with Gasteiger partial charge in [0.15, 0.2) is 0 Å². The maximum absolute atomic E-state index is 14.3. The van der Waals surface area contributed by atoms with Gasteiger partial charge in [0.05, 0.1) is 30.4 Å². The van der Waals surface area contributed by atoms with E-state index in [2.05, 4.69) is 20.3 Å². The highest BCUT2D eigenvalue weighted by Crippen LogP contribution is 2.33. The number of anilines is 1. The SMILES string of the molecule is COc1nc2c(C(N)=O)cc(F)cc2n1-c1nc(NCc2cccc(F)c2)c2c(n1)OCC2. The number of nitrogens with zero attached hydrogens (tertiary/aromatic N) is 4. The predicted octanol–water partition coefficient (Wildman–Crippen LogP) is 2.75. The minimum atomic E-state index is -0.831. The summed E-state index contributed by atoms with van der Waals surface area (Å²) in [5, 5.41) is 3.20. The van der Waals surface area contributed by atoms with Gasteiger partial charge < -0.3 is 20.5 Å². The van der Waals surface area contributed by atoms with Crippen LogP contribution in [-0.4, -0.2) is 39.1 Å². The number of methoxy groups -OCH3 is 1. The highest BCUT2D eigenvalue weighted by molar-refractivity contribution is 6.04. The van der Waals surface area contributed by atoms with E-state index in [1.165, 1.54) is 29.9 Å². The van der Waals surface area contributed by atoms with E-state index in [4.69, 9.17) is 15.2 Å². The van der Waals surface area contributed by atoms with Crippen molar-refractivity contribution in [3.63, 3.8) is 0 Å². The Bertz CT molecular complexity index is 1400. The van der Waals surface area contributed by atoms with Gasteiger partial charge in [0.1, 0.15) is 23.0 Å². The maximum atomic E-state index is 14.3. The van der Waals surface area contributed by atoms with E-state index >= 15 is 0 Å². The fourth-order valence-corrected chi connectivity index (χ4v) is 3.77. The Morgan fingerprint density at radius 2 is 2.06 bits per heavy atom. The van der Waals surface area contributed by atoms with E-state index < -0.39 is 11.7 Å². The molecule has 0 fully saturated rings. The second-order valence-electron chi connectivity index (χ2n) is 7.36. The molecule has 33 heavy (non-hydrogen) atoms. The minimum absolute atomic E-state index is 0.0344. The van der Waals surface area contributed by atoms with E-state index in [-0.39, 0.29) is 34.4 Å². The highest BCUT2D eigenvalue weighted by Gasteiger charge is 2.26. The summed E-state index contributed by atoms with van der Waals surface area (Å²) in [4.78, 5) is 25.2. The molecule has 9 nitrogen and oxygen atoms in total. The lowest BCUT2D eigenvalue weighted by Gasteiger charge is -2.13. The molecule has 168 valence electrons. The molecular formula is C22H18F2N6O3. The van der Waals surface area contributed by atoms with Gasteiger partial charge in [-0.2, -0.15) is 15.0 Å². The van der Waals surface area contributed by atoms with Crippen molar-refractivity contribution in [1.29, 1.82) is 0 Å². The molecule has 3 N–H and O–H groups in total. The number of aromatic nitrogens is 4. The van der Waals surface area contributed by atoms with Crippen molar-refractivity contribution < 1.29 is 23.0 Å². The van der Waals surface area contributed by atoms with Crippen LogP contribution < -0.4 is 20.5 Å². The lowest BCUT2D eigenvalue weighted by Crippen LogP contribution is -2.12. The predicted molar refractivity (Wildman–Crippen MR) is 115 cm³/mol. The summed E-state index contributed by atoms with van der Waals surface area (Å²) in [5.41, 5.74) is 7.16. The van der Waals surface area contributed by atoms with Crippen molar-refractivity contribution in [3.8, 4) is 17.8 Å². The van der Waals surface area contributed by atoms with E-state index in [0.29, 0.717) is 31.3 Å². The molecule has 0 saturated heterocycles. The van der Waals surface area contributed by atoms with Gasteiger partial charge in [0.25, 0.3) is 5.91 Å². The smallest absolute Gasteiger partial charge is 0.304 e. The monoisotopic (exact) mass is 452 g/mol. The summed E-state index contributed by atoms with van der Waals surface area (Å²) in [6, 6.07) is 8.44.